The fraction of sp³-hybridized carbons (Fsp3) is 0.238. The van der Waals surface area contributed by atoms with E-state index in [1.54, 1.807) is 23.8 Å². The zero-order chi connectivity index (χ0) is 23.8. The molecule has 3 aromatic heterocycles. The van der Waals surface area contributed by atoms with Crippen molar-refractivity contribution < 1.29 is 22.7 Å². The third-order valence-corrected chi connectivity index (χ3v) is 6.07. The zero-order valence-electron chi connectivity index (χ0n) is 17.8. The number of fused-ring (bicyclic) bond motifs is 1. The summed E-state index contributed by atoms with van der Waals surface area (Å²) in [6, 6.07) is 4.29. The summed E-state index contributed by atoms with van der Waals surface area (Å²) in [5.74, 6) is 0.212. The summed E-state index contributed by atoms with van der Waals surface area (Å²) >= 11 is 1.28. The molecule has 1 amide bonds. The van der Waals surface area contributed by atoms with E-state index < -0.39 is 11.7 Å². The molecular weight excluding hydrogens is 457 g/mol. The maximum Gasteiger partial charge on any atom is 0.416 e. The van der Waals surface area contributed by atoms with Crippen molar-refractivity contribution in [3.63, 3.8) is 0 Å². The second-order valence-electron chi connectivity index (χ2n) is 7.19. The predicted octanol–water partition coefficient (Wildman–Crippen LogP) is 4.76. The molecule has 8 nitrogen and oxygen atoms in total. The highest BCUT2D eigenvalue weighted by Crippen LogP contribution is 2.32. The average Bonchev–Trinajstić information content (AvgIpc) is 3.37. The van der Waals surface area contributed by atoms with Crippen molar-refractivity contribution in [2.45, 2.75) is 26.1 Å². The quantitative estimate of drug-likeness (QED) is 0.417. The Morgan fingerprint density at radius 1 is 1.21 bits per heavy atom. The maximum atomic E-state index is 12.9. The number of anilines is 2. The SMILES string of the molecule is COc1cn2ncnc(C(=O)NC(C)c3cnc(Nc4ccc(C(F)(F)F)cc4)s3)c2c1C. The molecule has 0 saturated heterocycles. The van der Waals surface area contributed by atoms with Gasteiger partial charge in [-0.1, -0.05) is 11.3 Å². The van der Waals surface area contributed by atoms with E-state index in [4.69, 9.17) is 4.74 Å². The molecule has 0 spiro atoms. The second-order valence-corrected chi connectivity index (χ2v) is 8.25. The minimum absolute atomic E-state index is 0.213. The molecule has 12 heteroatoms. The van der Waals surface area contributed by atoms with Gasteiger partial charge in [0.25, 0.3) is 5.91 Å². The number of ether oxygens (including phenoxy) is 1. The molecule has 1 atom stereocenters. The van der Waals surface area contributed by atoms with Crippen LogP contribution in [0, 0.1) is 6.92 Å². The number of nitrogens with one attached hydrogen (secondary N) is 2. The number of nitrogens with zero attached hydrogens (tertiary/aromatic N) is 4. The normalized spacial score (nSPS) is 12.5. The van der Waals surface area contributed by atoms with Crippen LogP contribution in [0.15, 0.2) is 43.0 Å². The van der Waals surface area contributed by atoms with Crippen LogP contribution in [0.3, 0.4) is 0 Å². The lowest BCUT2D eigenvalue weighted by atomic mass is 10.2. The zero-order valence-corrected chi connectivity index (χ0v) is 18.6. The first-order valence-electron chi connectivity index (χ1n) is 9.75. The third-order valence-electron chi connectivity index (χ3n) is 4.98. The highest BCUT2D eigenvalue weighted by molar-refractivity contribution is 7.15. The van der Waals surface area contributed by atoms with E-state index in [2.05, 4.69) is 25.7 Å². The van der Waals surface area contributed by atoms with Crippen molar-refractivity contribution >= 4 is 33.6 Å². The monoisotopic (exact) mass is 476 g/mol. The minimum atomic E-state index is -4.39. The maximum absolute atomic E-state index is 12.9. The van der Waals surface area contributed by atoms with Crippen LogP contribution in [0.25, 0.3) is 5.52 Å². The Kier molecular flexibility index (Phi) is 5.93. The van der Waals surface area contributed by atoms with Crippen LogP contribution in [0.2, 0.25) is 0 Å². The summed E-state index contributed by atoms with van der Waals surface area (Å²) in [6.07, 6.45) is 0.183. The number of benzene rings is 1. The van der Waals surface area contributed by atoms with Gasteiger partial charge in [-0.3, -0.25) is 4.79 Å². The van der Waals surface area contributed by atoms with Crippen molar-refractivity contribution in [1.29, 1.82) is 0 Å². The molecule has 0 radical (unpaired) electrons. The van der Waals surface area contributed by atoms with Crippen molar-refractivity contribution in [1.82, 2.24) is 24.9 Å². The number of rotatable bonds is 6. The fourth-order valence-corrected chi connectivity index (χ4v) is 4.10. The van der Waals surface area contributed by atoms with E-state index in [1.807, 2.05) is 6.92 Å². The van der Waals surface area contributed by atoms with Gasteiger partial charge in [0.05, 0.1) is 24.9 Å². The first kappa shape index (κ1) is 22.5. The molecule has 1 unspecified atom stereocenters. The summed E-state index contributed by atoms with van der Waals surface area (Å²) in [4.78, 5) is 22.1. The van der Waals surface area contributed by atoms with Gasteiger partial charge in [-0.2, -0.15) is 18.3 Å². The first-order valence-corrected chi connectivity index (χ1v) is 10.6. The van der Waals surface area contributed by atoms with Gasteiger partial charge >= 0.3 is 6.18 Å². The lowest BCUT2D eigenvalue weighted by Crippen LogP contribution is -2.27. The minimum Gasteiger partial charge on any atom is -0.495 e. The van der Waals surface area contributed by atoms with Crippen LogP contribution in [0.1, 0.15) is 39.5 Å². The highest BCUT2D eigenvalue weighted by atomic mass is 32.1. The van der Waals surface area contributed by atoms with E-state index in [0.29, 0.717) is 22.1 Å². The molecule has 0 bridgehead atoms. The standard InChI is InChI=1S/C21H19F3N6O2S/c1-11-15(32-3)9-30-18(11)17(26-10-27-30)19(31)28-12(2)16-8-25-20(33-16)29-14-6-4-13(5-7-14)21(22,23)24/h4-10,12H,1-3H3,(H,25,29)(H,28,31). The predicted molar refractivity (Wildman–Crippen MR) is 117 cm³/mol. The van der Waals surface area contributed by atoms with Crippen molar-refractivity contribution in [3.05, 3.63) is 64.7 Å². The molecule has 0 aliphatic rings. The number of carbonyl (C=O) groups is 1. The van der Waals surface area contributed by atoms with Crippen molar-refractivity contribution in [3.8, 4) is 5.75 Å². The lowest BCUT2D eigenvalue weighted by molar-refractivity contribution is -0.137. The summed E-state index contributed by atoms with van der Waals surface area (Å²) in [5, 5.41) is 10.5. The summed E-state index contributed by atoms with van der Waals surface area (Å²) < 4.78 is 45.0. The van der Waals surface area contributed by atoms with Gasteiger partial charge < -0.3 is 15.4 Å². The van der Waals surface area contributed by atoms with Crippen molar-refractivity contribution in [2.24, 2.45) is 0 Å². The third kappa shape index (κ3) is 4.60. The Labute approximate surface area is 190 Å². The molecule has 33 heavy (non-hydrogen) atoms. The van der Waals surface area contributed by atoms with Gasteiger partial charge in [0.1, 0.15) is 17.6 Å². The average molecular weight is 476 g/mol. The summed E-state index contributed by atoms with van der Waals surface area (Å²) in [7, 11) is 1.54. The number of thiazole rings is 1. The first-order chi connectivity index (χ1) is 15.7. The van der Waals surface area contributed by atoms with Gasteiger partial charge in [-0.25, -0.2) is 14.5 Å². The number of aromatic nitrogens is 4. The van der Waals surface area contributed by atoms with E-state index in [-0.39, 0.29) is 17.6 Å². The lowest BCUT2D eigenvalue weighted by Gasteiger charge is -2.12. The molecule has 0 aliphatic carbocycles. The number of halogens is 3. The van der Waals surface area contributed by atoms with E-state index in [0.717, 1.165) is 22.6 Å². The molecule has 4 rings (SSSR count). The highest BCUT2D eigenvalue weighted by Gasteiger charge is 2.30. The number of hydrogen-bond acceptors (Lipinski definition) is 7. The molecule has 2 N–H and O–H groups in total. The van der Waals surface area contributed by atoms with Crippen LogP contribution in [0.5, 0.6) is 5.75 Å². The fourth-order valence-electron chi connectivity index (χ4n) is 3.26. The van der Waals surface area contributed by atoms with E-state index in [1.165, 1.54) is 36.9 Å². The van der Waals surface area contributed by atoms with E-state index >= 15 is 0 Å². The van der Waals surface area contributed by atoms with Crippen LogP contribution in [-0.4, -0.2) is 32.6 Å². The Balaban J connectivity index is 1.47. The Morgan fingerprint density at radius 3 is 2.61 bits per heavy atom. The number of alkyl halides is 3. The molecule has 0 saturated carbocycles. The van der Waals surface area contributed by atoms with Gasteiger partial charge in [0.2, 0.25) is 0 Å². The van der Waals surface area contributed by atoms with Crippen LogP contribution in [0.4, 0.5) is 24.0 Å². The number of methoxy groups -OCH3 is 1. The molecule has 0 fully saturated rings. The molecule has 172 valence electrons. The number of hydrogen-bond donors (Lipinski definition) is 2. The largest absolute Gasteiger partial charge is 0.495 e. The smallest absolute Gasteiger partial charge is 0.416 e. The van der Waals surface area contributed by atoms with Crippen molar-refractivity contribution in [2.75, 3.05) is 12.4 Å². The topological polar surface area (TPSA) is 93.4 Å². The Hall–Kier alpha value is -3.67. The molecular formula is C21H19F3N6O2S. The summed E-state index contributed by atoms with van der Waals surface area (Å²) in [5.41, 5.74) is 1.26. The Bertz CT molecular complexity index is 1300. The van der Waals surface area contributed by atoms with Gasteiger partial charge in [-0.15, -0.1) is 0 Å². The number of aryl methyl sites for hydroxylation is 1. The molecule has 1 aromatic carbocycles. The van der Waals surface area contributed by atoms with Crippen LogP contribution < -0.4 is 15.4 Å². The summed E-state index contributed by atoms with van der Waals surface area (Å²) in [6.45, 7) is 3.62. The molecule has 0 aliphatic heterocycles. The van der Waals surface area contributed by atoms with E-state index in [9.17, 15) is 18.0 Å². The Morgan fingerprint density at radius 2 is 1.94 bits per heavy atom. The van der Waals surface area contributed by atoms with Gasteiger partial charge in [0, 0.05) is 22.3 Å². The van der Waals surface area contributed by atoms with Crippen LogP contribution >= 0.6 is 11.3 Å². The number of carbonyl (C=O) groups excluding carboxylic acids is 1. The second kappa shape index (κ2) is 8.70. The van der Waals surface area contributed by atoms with Gasteiger partial charge in [-0.05, 0) is 38.1 Å². The number of amides is 1. The molecule has 4 aromatic rings. The van der Waals surface area contributed by atoms with Gasteiger partial charge in [0.15, 0.2) is 10.8 Å². The van der Waals surface area contributed by atoms with Crippen LogP contribution in [-0.2, 0) is 6.18 Å². The molecule has 3 heterocycles.